The maximum atomic E-state index is 12.5. The van der Waals surface area contributed by atoms with Crippen molar-refractivity contribution in [2.45, 2.75) is 44.8 Å². The second-order valence-corrected chi connectivity index (χ2v) is 9.33. The van der Waals surface area contributed by atoms with Gasteiger partial charge in [-0.05, 0) is 74.6 Å². The Morgan fingerprint density at radius 2 is 1.81 bits per heavy atom. The minimum atomic E-state index is -0.129. The lowest BCUT2D eigenvalue weighted by Crippen LogP contribution is -2.28. The quantitative estimate of drug-likeness (QED) is 0.485. The Balaban J connectivity index is 1.31. The first kappa shape index (κ1) is 22.1. The number of hydrogen-bond donors (Lipinski definition) is 2. The van der Waals surface area contributed by atoms with Gasteiger partial charge in [0, 0.05) is 29.7 Å². The molecule has 0 bridgehead atoms. The number of aromatic nitrogens is 2. The van der Waals surface area contributed by atoms with Crippen LogP contribution in [0.25, 0.3) is 5.69 Å². The molecule has 1 aliphatic carbocycles. The van der Waals surface area contributed by atoms with E-state index >= 15 is 0 Å². The van der Waals surface area contributed by atoms with Crippen LogP contribution in [0.2, 0.25) is 0 Å². The molecule has 2 aromatic carbocycles. The van der Waals surface area contributed by atoms with E-state index in [0.29, 0.717) is 0 Å². The van der Waals surface area contributed by atoms with E-state index in [2.05, 4.69) is 47.7 Å². The highest BCUT2D eigenvalue weighted by Gasteiger charge is 2.29. The molecular formula is C25H28N4O2S. The first-order chi connectivity index (χ1) is 15.4. The number of rotatable bonds is 8. The van der Waals surface area contributed by atoms with E-state index in [1.54, 1.807) is 6.20 Å². The van der Waals surface area contributed by atoms with Crippen molar-refractivity contribution >= 4 is 29.3 Å². The number of nitrogens with zero attached hydrogens (tertiary/aromatic N) is 2. The van der Waals surface area contributed by atoms with Crippen LogP contribution in [0, 0.1) is 19.8 Å². The fourth-order valence-corrected chi connectivity index (χ4v) is 4.41. The lowest BCUT2D eigenvalue weighted by molar-refractivity contribution is -0.119. The summed E-state index contributed by atoms with van der Waals surface area (Å²) in [7, 11) is 0. The molecule has 1 aromatic heterocycles. The fraction of sp³-hybridized carbons (Fsp3) is 0.320. The molecule has 1 atom stereocenters. The highest BCUT2D eigenvalue weighted by atomic mass is 32.2. The molecule has 2 amide bonds. The Morgan fingerprint density at radius 3 is 2.47 bits per heavy atom. The summed E-state index contributed by atoms with van der Waals surface area (Å²) in [6.45, 7) is 6.10. The number of imidazole rings is 1. The van der Waals surface area contributed by atoms with E-state index in [9.17, 15) is 9.59 Å². The van der Waals surface area contributed by atoms with Crippen LogP contribution in [0.5, 0.6) is 0 Å². The number of anilines is 1. The predicted octanol–water partition coefficient (Wildman–Crippen LogP) is 4.81. The first-order valence-electron chi connectivity index (χ1n) is 10.8. The molecule has 2 N–H and O–H groups in total. The molecule has 0 aliphatic heterocycles. The monoisotopic (exact) mass is 448 g/mol. The number of aryl methyl sites for hydroxylation is 2. The van der Waals surface area contributed by atoms with Crippen molar-refractivity contribution in [2.75, 3.05) is 11.1 Å². The van der Waals surface area contributed by atoms with E-state index in [-0.39, 0.29) is 29.5 Å². The van der Waals surface area contributed by atoms with Crippen LogP contribution >= 0.6 is 11.8 Å². The van der Waals surface area contributed by atoms with Gasteiger partial charge in [-0.2, -0.15) is 0 Å². The summed E-state index contributed by atoms with van der Waals surface area (Å²) >= 11 is 1.42. The van der Waals surface area contributed by atoms with Crippen molar-refractivity contribution < 1.29 is 9.59 Å². The van der Waals surface area contributed by atoms with Crippen LogP contribution in [0.3, 0.4) is 0 Å². The van der Waals surface area contributed by atoms with Gasteiger partial charge in [-0.3, -0.25) is 14.2 Å². The molecule has 4 rings (SSSR count). The highest BCUT2D eigenvalue weighted by molar-refractivity contribution is 7.99. The van der Waals surface area contributed by atoms with Crippen molar-refractivity contribution in [2.24, 2.45) is 5.92 Å². The van der Waals surface area contributed by atoms with Crippen LogP contribution in [0.1, 0.15) is 42.5 Å². The van der Waals surface area contributed by atoms with Crippen molar-refractivity contribution in [1.82, 2.24) is 14.9 Å². The maximum Gasteiger partial charge on any atom is 0.230 e. The second kappa shape index (κ2) is 9.61. The summed E-state index contributed by atoms with van der Waals surface area (Å²) in [6, 6.07) is 13.9. The zero-order chi connectivity index (χ0) is 22.7. The van der Waals surface area contributed by atoms with E-state index in [0.717, 1.165) is 34.9 Å². The molecule has 1 saturated carbocycles. The molecule has 1 aliphatic rings. The van der Waals surface area contributed by atoms with Gasteiger partial charge in [-0.15, -0.1) is 0 Å². The summed E-state index contributed by atoms with van der Waals surface area (Å²) < 4.78 is 2.01. The zero-order valence-electron chi connectivity index (χ0n) is 18.6. The van der Waals surface area contributed by atoms with Crippen LogP contribution in [0.4, 0.5) is 5.69 Å². The van der Waals surface area contributed by atoms with Gasteiger partial charge in [-0.1, -0.05) is 30.0 Å². The van der Waals surface area contributed by atoms with Crippen molar-refractivity contribution in [3.63, 3.8) is 0 Å². The molecule has 0 saturated heterocycles. The Labute approximate surface area is 192 Å². The Bertz CT molecular complexity index is 1100. The number of thioether (sulfide) groups is 1. The molecule has 32 heavy (non-hydrogen) atoms. The van der Waals surface area contributed by atoms with E-state index in [4.69, 9.17) is 0 Å². The standard InChI is InChI=1S/C25H28N4O2S/c1-16-12-17(2)14-22(13-16)29-11-10-26-25(29)32-15-23(30)27-18(3)19-6-8-21(9-7-19)28-24(31)20-4-5-20/h6-14,18,20H,4-5,15H2,1-3H3,(H,27,30)(H,28,31). The largest absolute Gasteiger partial charge is 0.349 e. The highest BCUT2D eigenvalue weighted by Crippen LogP contribution is 2.30. The van der Waals surface area contributed by atoms with Gasteiger partial charge in [0.2, 0.25) is 11.8 Å². The topological polar surface area (TPSA) is 76.0 Å². The Hall–Kier alpha value is -3.06. The molecule has 1 heterocycles. The molecule has 1 unspecified atom stereocenters. The minimum Gasteiger partial charge on any atom is -0.349 e. The summed E-state index contributed by atoms with van der Waals surface area (Å²) in [4.78, 5) is 28.8. The zero-order valence-corrected chi connectivity index (χ0v) is 19.4. The van der Waals surface area contributed by atoms with Gasteiger partial charge >= 0.3 is 0 Å². The Morgan fingerprint density at radius 1 is 1.12 bits per heavy atom. The second-order valence-electron chi connectivity index (χ2n) is 8.39. The van der Waals surface area contributed by atoms with Crippen molar-refractivity contribution in [1.29, 1.82) is 0 Å². The summed E-state index contributed by atoms with van der Waals surface area (Å²) in [5.41, 5.74) is 5.20. The maximum absolute atomic E-state index is 12.5. The normalized spacial score (nSPS) is 14.1. The van der Waals surface area contributed by atoms with Crippen LogP contribution in [-0.4, -0.2) is 27.1 Å². The van der Waals surface area contributed by atoms with E-state index < -0.39 is 0 Å². The van der Waals surface area contributed by atoms with Gasteiger partial charge in [0.1, 0.15) is 0 Å². The third-order valence-electron chi connectivity index (χ3n) is 5.43. The molecule has 6 nitrogen and oxygen atoms in total. The third kappa shape index (κ3) is 5.59. The number of hydrogen-bond acceptors (Lipinski definition) is 4. The lowest BCUT2D eigenvalue weighted by atomic mass is 10.1. The van der Waals surface area contributed by atoms with Crippen LogP contribution in [-0.2, 0) is 9.59 Å². The smallest absolute Gasteiger partial charge is 0.230 e. The molecule has 3 aromatic rings. The Kier molecular flexibility index (Phi) is 6.65. The average Bonchev–Trinajstić information content (AvgIpc) is 3.50. The average molecular weight is 449 g/mol. The lowest BCUT2D eigenvalue weighted by Gasteiger charge is -2.15. The number of benzene rings is 2. The SMILES string of the molecule is Cc1cc(C)cc(-n2ccnc2SCC(=O)NC(C)c2ccc(NC(=O)C3CC3)cc2)c1. The summed E-state index contributed by atoms with van der Waals surface area (Å²) in [5.74, 6) is 0.497. The fourth-order valence-electron chi connectivity index (χ4n) is 3.62. The van der Waals surface area contributed by atoms with Gasteiger partial charge in [-0.25, -0.2) is 4.98 Å². The van der Waals surface area contributed by atoms with Gasteiger partial charge in [0.15, 0.2) is 5.16 Å². The number of carbonyl (C=O) groups is 2. The number of amides is 2. The van der Waals surface area contributed by atoms with Crippen molar-refractivity contribution in [3.05, 3.63) is 71.5 Å². The molecule has 1 fully saturated rings. The molecule has 0 radical (unpaired) electrons. The van der Waals surface area contributed by atoms with E-state index in [1.807, 2.05) is 42.0 Å². The van der Waals surface area contributed by atoms with Gasteiger partial charge < -0.3 is 10.6 Å². The number of nitrogens with one attached hydrogen (secondary N) is 2. The predicted molar refractivity (Wildman–Crippen MR) is 128 cm³/mol. The van der Waals surface area contributed by atoms with Crippen LogP contribution < -0.4 is 10.6 Å². The third-order valence-corrected chi connectivity index (χ3v) is 6.39. The number of carbonyl (C=O) groups excluding carboxylic acids is 2. The summed E-state index contributed by atoms with van der Waals surface area (Å²) in [6.07, 6.45) is 5.64. The van der Waals surface area contributed by atoms with Crippen LogP contribution in [0.15, 0.2) is 60.0 Å². The molecule has 166 valence electrons. The van der Waals surface area contributed by atoms with Gasteiger partial charge in [0.25, 0.3) is 0 Å². The van der Waals surface area contributed by atoms with E-state index in [1.165, 1.54) is 22.9 Å². The molecule has 0 spiro atoms. The summed E-state index contributed by atoms with van der Waals surface area (Å²) in [5, 5.41) is 6.76. The molecule has 7 heteroatoms. The van der Waals surface area contributed by atoms with Crippen molar-refractivity contribution in [3.8, 4) is 5.69 Å². The molecular weight excluding hydrogens is 420 g/mol. The first-order valence-corrected chi connectivity index (χ1v) is 11.8. The minimum absolute atomic E-state index is 0.0522. The van der Waals surface area contributed by atoms with Gasteiger partial charge in [0.05, 0.1) is 11.8 Å².